The zero-order chi connectivity index (χ0) is 17.4. The van der Waals surface area contributed by atoms with E-state index in [4.69, 9.17) is 4.42 Å². The average Bonchev–Trinajstić information content (AvgIpc) is 3.22. The molecule has 25 heavy (non-hydrogen) atoms. The first-order valence-corrected chi connectivity index (χ1v) is 7.83. The maximum atomic E-state index is 14.0. The van der Waals surface area contributed by atoms with Gasteiger partial charge in [-0.1, -0.05) is 30.3 Å². The summed E-state index contributed by atoms with van der Waals surface area (Å²) in [5.41, 5.74) is 3.08. The molecule has 2 N–H and O–H groups in total. The Kier molecular flexibility index (Phi) is 3.61. The average molecular weight is 334 g/mol. The first-order chi connectivity index (χ1) is 12.1. The molecular weight excluding hydrogens is 319 g/mol. The Hall–Kier alpha value is -3.34. The van der Waals surface area contributed by atoms with Crippen LogP contribution in [0.1, 0.15) is 5.69 Å². The molecule has 5 heteroatoms. The van der Waals surface area contributed by atoms with Crippen LogP contribution in [0.5, 0.6) is 5.75 Å². The van der Waals surface area contributed by atoms with E-state index in [2.05, 4.69) is 9.97 Å². The number of nitrogens with zero attached hydrogens (tertiary/aromatic N) is 1. The fourth-order valence-electron chi connectivity index (χ4n) is 2.77. The highest BCUT2D eigenvalue weighted by atomic mass is 19.1. The zero-order valence-electron chi connectivity index (χ0n) is 13.5. The lowest BCUT2D eigenvalue weighted by Gasteiger charge is -2.00. The van der Waals surface area contributed by atoms with Crippen LogP contribution in [0, 0.1) is 12.7 Å². The van der Waals surface area contributed by atoms with Crippen molar-refractivity contribution in [3.8, 4) is 39.9 Å². The Morgan fingerprint density at radius 3 is 2.52 bits per heavy atom. The fourth-order valence-corrected chi connectivity index (χ4v) is 2.77. The lowest BCUT2D eigenvalue weighted by Crippen LogP contribution is -1.81. The summed E-state index contributed by atoms with van der Waals surface area (Å²) in [6.45, 7) is 1.95. The minimum Gasteiger partial charge on any atom is -0.508 e. The molecule has 0 saturated heterocycles. The van der Waals surface area contributed by atoms with E-state index in [1.165, 1.54) is 12.1 Å². The number of imidazole rings is 1. The molecule has 124 valence electrons. The highest BCUT2D eigenvalue weighted by molar-refractivity contribution is 5.67. The van der Waals surface area contributed by atoms with E-state index >= 15 is 0 Å². The van der Waals surface area contributed by atoms with Crippen LogP contribution in [0.4, 0.5) is 4.39 Å². The molecule has 0 saturated carbocycles. The second kappa shape index (κ2) is 5.94. The monoisotopic (exact) mass is 334 g/mol. The molecule has 4 nitrogen and oxygen atoms in total. The highest BCUT2D eigenvalue weighted by Gasteiger charge is 2.15. The minimum atomic E-state index is -0.540. The van der Waals surface area contributed by atoms with Crippen LogP contribution in [0.15, 0.2) is 65.1 Å². The molecule has 0 aliphatic carbocycles. The number of aromatic nitrogens is 2. The third-order valence-corrected chi connectivity index (χ3v) is 3.99. The number of halogens is 1. The SMILES string of the molecule is Cc1[nH]c(-c2ccc(-c3ccc(O)cc3F)o2)nc1-c1ccccc1. The predicted octanol–water partition coefficient (Wildman–Crippen LogP) is 5.16. The number of phenolic OH excluding ortho intramolecular Hbond substituents is 1. The molecule has 2 aromatic heterocycles. The number of aromatic amines is 1. The van der Waals surface area contributed by atoms with Crippen molar-refractivity contribution >= 4 is 0 Å². The molecule has 4 aromatic rings. The summed E-state index contributed by atoms with van der Waals surface area (Å²) in [5, 5.41) is 9.32. The van der Waals surface area contributed by atoms with Crippen molar-refractivity contribution in [2.45, 2.75) is 6.92 Å². The molecule has 2 heterocycles. The summed E-state index contributed by atoms with van der Waals surface area (Å²) in [6.07, 6.45) is 0. The van der Waals surface area contributed by atoms with Crippen molar-refractivity contribution in [3.63, 3.8) is 0 Å². The van der Waals surface area contributed by atoms with Crippen molar-refractivity contribution in [3.05, 3.63) is 72.2 Å². The van der Waals surface area contributed by atoms with Crippen LogP contribution >= 0.6 is 0 Å². The van der Waals surface area contributed by atoms with E-state index in [-0.39, 0.29) is 11.3 Å². The lowest BCUT2D eigenvalue weighted by atomic mass is 10.1. The minimum absolute atomic E-state index is 0.123. The Bertz CT molecular complexity index is 1040. The summed E-state index contributed by atoms with van der Waals surface area (Å²) in [6, 6.07) is 17.3. The van der Waals surface area contributed by atoms with E-state index < -0.39 is 5.82 Å². The molecule has 0 fully saturated rings. The molecule has 0 atom stereocenters. The summed E-state index contributed by atoms with van der Waals surface area (Å²) < 4.78 is 19.8. The third-order valence-electron chi connectivity index (χ3n) is 3.99. The molecule has 0 aliphatic rings. The van der Waals surface area contributed by atoms with Crippen LogP contribution < -0.4 is 0 Å². The molecular formula is C20H15FN2O2. The van der Waals surface area contributed by atoms with Gasteiger partial charge in [-0.05, 0) is 31.2 Å². The van der Waals surface area contributed by atoms with Gasteiger partial charge >= 0.3 is 0 Å². The number of H-pyrrole nitrogens is 1. The molecule has 4 rings (SSSR count). The lowest BCUT2D eigenvalue weighted by molar-refractivity contribution is 0.469. The van der Waals surface area contributed by atoms with E-state index in [0.29, 0.717) is 17.3 Å². The second-order valence-electron chi connectivity index (χ2n) is 5.75. The summed E-state index contributed by atoms with van der Waals surface area (Å²) in [7, 11) is 0. The van der Waals surface area contributed by atoms with Crippen LogP contribution in [0.2, 0.25) is 0 Å². The molecule has 0 aliphatic heterocycles. The smallest absolute Gasteiger partial charge is 0.174 e. The van der Waals surface area contributed by atoms with Gasteiger partial charge in [0.05, 0.1) is 11.3 Å². The number of hydrogen-bond donors (Lipinski definition) is 2. The number of hydrogen-bond acceptors (Lipinski definition) is 3. The van der Waals surface area contributed by atoms with Gasteiger partial charge in [0, 0.05) is 17.3 Å². The number of benzene rings is 2. The van der Waals surface area contributed by atoms with Crippen LogP contribution in [-0.4, -0.2) is 15.1 Å². The molecule has 0 spiro atoms. The van der Waals surface area contributed by atoms with Gasteiger partial charge in [0.25, 0.3) is 0 Å². The Morgan fingerprint density at radius 1 is 1.00 bits per heavy atom. The quantitative estimate of drug-likeness (QED) is 0.544. The number of rotatable bonds is 3. The topological polar surface area (TPSA) is 62.0 Å². The molecule has 0 bridgehead atoms. The van der Waals surface area contributed by atoms with E-state index in [1.54, 1.807) is 12.1 Å². The second-order valence-corrected chi connectivity index (χ2v) is 5.75. The summed E-state index contributed by atoms with van der Waals surface area (Å²) in [5.74, 6) is 0.820. The molecule has 2 aromatic carbocycles. The van der Waals surface area contributed by atoms with Crippen molar-refractivity contribution in [1.82, 2.24) is 9.97 Å². The highest BCUT2D eigenvalue weighted by Crippen LogP contribution is 2.32. The molecule has 0 radical (unpaired) electrons. The van der Waals surface area contributed by atoms with Gasteiger partial charge in [-0.25, -0.2) is 9.37 Å². The van der Waals surface area contributed by atoms with Gasteiger partial charge in [0.15, 0.2) is 11.6 Å². The van der Waals surface area contributed by atoms with Gasteiger partial charge in [0.1, 0.15) is 17.3 Å². The molecule has 0 amide bonds. The first-order valence-electron chi connectivity index (χ1n) is 7.83. The molecule has 0 unspecified atom stereocenters. The first kappa shape index (κ1) is 15.2. The fraction of sp³-hybridized carbons (Fsp3) is 0.0500. The predicted molar refractivity (Wildman–Crippen MR) is 93.5 cm³/mol. The van der Waals surface area contributed by atoms with E-state index in [0.717, 1.165) is 23.0 Å². The van der Waals surface area contributed by atoms with Gasteiger partial charge in [-0.3, -0.25) is 0 Å². The number of aryl methyl sites for hydroxylation is 1. The summed E-state index contributed by atoms with van der Waals surface area (Å²) in [4.78, 5) is 7.82. The largest absolute Gasteiger partial charge is 0.508 e. The van der Waals surface area contributed by atoms with Gasteiger partial charge in [-0.2, -0.15) is 0 Å². The number of nitrogens with one attached hydrogen (secondary N) is 1. The summed E-state index contributed by atoms with van der Waals surface area (Å²) >= 11 is 0. The standard InChI is InChI=1S/C20H15FN2O2/c1-12-19(13-5-3-2-4-6-13)23-20(22-12)18-10-9-17(25-18)15-8-7-14(24)11-16(15)21/h2-11,24H,1H3,(H,22,23). The van der Waals surface area contributed by atoms with Crippen LogP contribution in [-0.2, 0) is 0 Å². The Morgan fingerprint density at radius 2 is 1.76 bits per heavy atom. The van der Waals surface area contributed by atoms with Gasteiger partial charge in [0.2, 0.25) is 0 Å². The Balaban J connectivity index is 1.71. The van der Waals surface area contributed by atoms with Crippen molar-refractivity contribution in [2.24, 2.45) is 0 Å². The third kappa shape index (κ3) is 2.80. The van der Waals surface area contributed by atoms with Crippen molar-refractivity contribution in [1.29, 1.82) is 0 Å². The van der Waals surface area contributed by atoms with Crippen LogP contribution in [0.3, 0.4) is 0 Å². The maximum absolute atomic E-state index is 14.0. The van der Waals surface area contributed by atoms with E-state index in [1.807, 2.05) is 37.3 Å². The maximum Gasteiger partial charge on any atom is 0.174 e. The zero-order valence-corrected chi connectivity index (χ0v) is 13.5. The number of aromatic hydroxyl groups is 1. The Labute approximate surface area is 143 Å². The number of furan rings is 1. The van der Waals surface area contributed by atoms with Crippen LogP contribution in [0.25, 0.3) is 34.2 Å². The van der Waals surface area contributed by atoms with Crippen molar-refractivity contribution in [2.75, 3.05) is 0 Å². The normalized spacial score (nSPS) is 11.0. The van der Waals surface area contributed by atoms with Crippen molar-refractivity contribution < 1.29 is 13.9 Å². The number of phenols is 1. The van der Waals surface area contributed by atoms with Gasteiger partial charge < -0.3 is 14.5 Å². The van der Waals surface area contributed by atoms with E-state index in [9.17, 15) is 9.50 Å². The van der Waals surface area contributed by atoms with Gasteiger partial charge in [-0.15, -0.1) is 0 Å².